The summed E-state index contributed by atoms with van der Waals surface area (Å²) < 4.78 is 14.8. The average molecular weight is 365 g/mol. The maximum Gasteiger partial charge on any atom is 0.268 e. The number of hydrogen-bond donors (Lipinski definition) is 2. The van der Waals surface area contributed by atoms with Crippen LogP contribution in [0.2, 0.25) is 0 Å². The number of nitrogens with one attached hydrogen (secondary N) is 1. The van der Waals surface area contributed by atoms with Crippen LogP contribution in [0, 0.1) is 28.5 Å². The molecular weight excluding hydrogens is 345 g/mol. The molecule has 0 unspecified atom stereocenters. The Bertz CT molecular complexity index is 991. The Morgan fingerprint density at radius 3 is 2.37 bits per heavy atom. The second kappa shape index (κ2) is 8.03. The van der Waals surface area contributed by atoms with Gasteiger partial charge in [-0.3, -0.25) is 9.69 Å². The molecule has 0 saturated carbocycles. The molecule has 1 aromatic carbocycles. The number of aromatic nitrogens is 1. The first kappa shape index (κ1) is 18.6. The van der Waals surface area contributed by atoms with Crippen molar-refractivity contribution in [1.82, 2.24) is 9.88 Å². The van der Waals surface area contributed by atoms with Gasteiger partial charge in [-0.05, 0) is 37.6 Å². The van der Waals surface area contributed by atoms with Crippen molar-refractivity contribution in [3.63, 3.8) is 0 Å². The first-order chi connectivity index (χ1) is 13.0. The van der Waals surface area contributed by atoms with E-state index < -0.39 is 11.4 Å². The van der Waals surface area contributed by atoms with E-state index >= 15 is 0 Å². The molecule has 27 heavy (non-hydrogen) atoms. The minimum absolute atomic E-state index is 0.0363. The minimum atomic E-state index is -0.696. The van der Waals surface area contributed by atoms with Crippen molar-refractivity contribution in [3.05, 3.63) is 51.1 Å². The molecule has 0 amide bonds. The Balaban J connectivity index is 2.00. The summed E-state index contributed by atoms with van der Waals surface area (Å²) in [4.78, 5) is 16.5. The van der Waals surface area contributed by atoms with Gasteiger partial charge >= 0.3 is 0 Å². The van der Waals surface area contributed by atoms with Gasteiger partial charge in [-0.1, -0.05) is 25.0 Å². The number of nitrogens with two attached hydrogens (primary N) is 1. The third-order valence-electron chi connectivity index (χ3n) is 4.90. The molecule has 2 aromatic rings. The van der Waals surface area contributed by atoms with Crippen molar-refractivity contribution < 1.29 is 4.39 Å². The van der Waals surface area contributed by atoms with Crippen LogP contribution in [-0.2, 0) is 6.54 Å². The molecule has 0 radical (unpaired) electrons. The lowest BCUT2D eigenvalue weighted by atomic mass is 9.95. The lowest BCUT2D eigenvalue weighted by Crippen LogP contribution is -2.24. The van der Waals surface area contributed by atoms with Crippen LogP contribution in [0.4, 0.5) is 10.2 Å². The van der Waals surface area contributed by atoms with Crippen molar-refractivity contribution in [3.8, 4) is 23.3 Å². The standard InChI is InChI=1S/C20H20FN5O/c21-17-9-13(5-6-14(17)12-26-7-3-1-2-4-8-26)18-15(10-22)19(24)25-20(27)16(18)11-23/h5-6,9H,1-4,7-8,12H2,(H3,24,25,27). The SMILES string of the molecule is N#Cc1c(N)[nH]c(=O)c(C#N)c1-c1ccc(CN2CCCCCC2)c(F)c1. The van der Waals surface area contributed by atoms with Crippen molar-refractivity contribution in [1.29, 1.82) is 10.5 Å². The number of anilines is 1. The van der Waals surface area contributed by atoms with Crippen LogP contribution < -0.4 is 11.3 Å². The molecule has 7 heteroatoms. The van der Waals surface area contributed by atoms with Gasteiger partial charge in [0.2, 0.25) is 0 Å². The van der Waals surface area contributed by atoms with E-state index in [1.54, 1.807) is 18.2 Å². The number of likely N-dealkylation sites (tertiary alicyclic amines) is 1. The molecule has 1 saturated heterocycles. The van der Waals surface area contributed by atoms with Gasteiger partial charge in [0.25, 0.3) is 5.56 Å². The van der Waals surface area contributed by atoms with Crippen LogP contribution in [0.1, 0.15) is 42.4 Å². The first-order valence-corrected chi connectivity index (χ1v) is 8.92. The van der Waals surface area contributed by atoms with Crippen molar-refractivity contribution in [2.75, 3.05) is 18.8 Å². The van der Waals surface area contributed by atoms with Gasteiger partial charge < -0.3 is 10.7 Å². The summed E-state index contributed by atoms with van der Waals surface area (Å²) in [5.74, 6) is -0.561. The average Bonchev–Trinajstić information content (AvgIpc) is 2.91. The maximum absolute atomic E-state index is 14.8. The lowest BCUT2D eigenvalue weighted by Gasteiger charge is -2.20. The van der Waals surface area contributed by atoms with Gasteiger partial charge in [0, 0.05) is 17.7 Å². The Morgan fingerprint density at radius 1 is 1.11 bits per heavy atom. The van der Waals surface area contributed by atoms with Crippen LogP contribution >= 0.6 is 0 Å². The van der Waals surface area contributed by atoms with Crippen molar-refractivity contribution in [2.45, 2.75) is 32.2 Å². The zero-order chi connectivity index (χ0) is 19.4. The van der Waals surface area contributed by atoms with E-state index in [-0.39, 0.29) is 28.1 Å². The van der Waals surface area contributed by atoms with Gasteiger partial charge in [-0.15, -0.1) is 0 Å². The van der Waals surface area contributed by atoms with Crippen LogP contribution in [0.3, 0.4) is 0 Å². The molecular formula is C20H20FN5O. The number of H-pyrrole nitrogens is 1. The maximum atomic E-state index is 14.8. The third-order valence-corrected chi connectivity index (χ3v) is 4.90. The minimum Gasteiger partial charge on any atom is -0.384 e. The van der Waals surface area contributed by atoms with E-state index in [9.17, 15) is 19.7 Å². The van der Waals surface area contributed by atoms with E-state index in [0.717, 1.165) is 25.9 Å². The van der Waals surface area contributed by atoms with Gasteiger partial charge in [-0.25, -0.2) is 4.39 Å². The van der Waals surface area contributed by atoms with Crippen LogP contribution in [-0.4, -0.2) is 23.0 Å². The largest absolute Gasteiger partial charge is 0.384 e. The molecule has 2 heterocycles. The molecule has 0 bridgehead atoms. The van der Waals surface area contributed by atoms with Gasteiger partial charge in [0.1, 0.15) is 34.9 Å². The summed E-state index contributed by atoms with van der Waals surface area (Å²) in [6.07, 6.45) is 4.64. The Kier molecular flexibility index (Phi) is 5.54. The number of nitriles is 2. The highest BCUT2D eigenvalue weighted by Crippen LogP contribution is 2.29. The Morgan fingerprint density at radius 2 is 1.78 bits per heavy atom. The molecule has 3 N–H and O–H groups in total. The number of rotatable bonds is 3. The fraction of sp³-hybridized carbons (Fsp3) is 0.350. The summed E-state index contributed by atoms with van der Waals surface area (Å²) in [6.45, 7) is 2.41. The zero-order valence-electron chi connectivity index (χ0n) is 14.9. The highest BCUT2D eigenvalue weighted by atomic mass is 19.1. The zero-order valence-corrected chi connectivity index (χ0v) is 14.9. The molecule has 0 aliphatic carbocycles. The molecule has 1 fully saturated rings. The normalized spacial score (nSPS) is 14.9. The molecule has 1 aromatic heterocycles. The molecule has 138 valence electrons. The third kappa shape index (κ3) is 3.84. The number of halogens is 1. The topological polar surface area (TPSA) is 110 Å². The summed E-state index contributed by atoms with van der Waals surface area (Å²) in [5, 5.41) is 18.7. The summed E-state index contributed by atoms with van der Waals surface area (Å²) in [7, 11) is 0. The van der Waals surface area contributed by atoms with E-state index in [0.29, 0.717) is 12.1 Å². The van der Waals surface area contributed by atoms with Gasteiger partial charge in [0.05, 0.1) is 0 Å². The molecule has 3 rings (SSSR count). The van der Waals surface area contributed by atoms with Crippen molar-refractivity contribution in [2.24, 2.45) is 0 Å². The number of nitrogen functional groups attached to an aromatic ring is 1. The van der Waals surface area contributed by atoms with Crippen LogP contribution in [0.15, 0.2) is 23.0 Å². The second-order valence-corrected chi connectivity index (χ2v) is 6.71. The number of hydrogen-bond acceptors (Lipinski definition) is 5. The molecule has 6 nitrogen and oxygen atoms in total. The molecule has 1 aliphatic heterocycles. The first-order valence-electron chi connectivity index (χ1n) is 8.92. The highest BCUT2D eigenvalue weighted by Gasteiger charge is 2.20. The van der Waals surface area contributed by atoms with Crippen LogP contribution in [0.25, 0.3) is 11.1 Å². The predicted octanol–water partition coefficient (Wildman–Crippen LogP) is 2.88. The summed E-state index contributed by atoms with van der Waals surface area (Å²) in [6, 6.07) is 8.23. The number of pyridine rings is 1. The quantitative estimate of drug-likeness (QED) is 0.869. The lowest BCUT2D eigenvalue weighted by molar-refractivity contribution is 0.273. The second-order valence-electron chi connectivity index (χ2n) is 6.71. The number of aromatic amines is 1. The van der Waals surface area contributed by atoms with Gasteiger partial charge in [0.15, 0.2) is 0 Å². The fourth-order valence-corrected chi connectivity index (χ4v) is 3.50. The Labute approximate surface area is 156 Å². The predicted molar refractivity (Wildman–Crippen MR) is 100 cm³/mol. The molecule has 0 atom stereocenters. The smallest absolute Gasteiger partial charge is 0.268 e. The van der Waals surface area contributed by atoms with Crippen LogP contribution in [0.5, 0.6) is 0 Å². The van der Waals surface area contributed by atoms with E-state index in [1.165, 1.54) is 18.9 Å². The number of benzene rings is 1. The van der Waals surface area contributed by atoms with E-state index in [1.807, 2.05) is 6.07 Å². The van der Waals surface area contributed by atoms with Gasteiger partial charge in [-0.2, -0.15) is 10.5 Å². The number of nitrogens with zero attached hydrogens (tertiary/aromatic N) is 3. The monoisotopic (exact) mass is 365 g/mol. The van der Waals surface area contributed by atoms with E-state index in [2.05, 4.69) is 9.88 Å². The molecule has 1 aliphatic rings. The summed E-state index contributed by atoms with van der Waals surface area (Å²) >= 11 is 0. The molecule has 0 spiro atoms. The fourth-order valence-electron chi connectivity index (χ4n) is 3.50. The summed E-state index contributed by atoms with van der Waals surface area (Å²) in [5.41, 5.74) is 5.64. The van der Waals surface area contributed by atoms with Crippen molar-refractivity contribution >= 4 is 5.82 Å². The highest BCUT2D eigenvalue weighted by molar-refractivity contribution is 5.80. The Hall–Kier alpha value is -3.16. The van der Waals surface area contributed by atoms with E-state index in [4.69, 9.17) is 5.73 Å².